The van der Waals surface area contributed by atoms with Gasteiger partial charge in [0.1, 0.15) is 0 Å². The van der Waals surface area contributed by atoms with E-state index in [0.29, 0.717) is 0 Å². The molecule has 0 aliphatic heterocycles. The van der Waals surface area contributed by atoms with E-state index in [2.05, 4.69) is 31.3 Å². The number of rotatable bonds is 0. The molecule has 0 aliphatic carbocycles. The molecule has 1 aromatic heterocycles. The van der Waals surface area contributed by atoms with Crippen LogP contribution >= 0.6 is 0 Å². The summed E-state index contributed by atoms with van der Waals surface area (Å²) in [5, 5.41) is 6.28. The zero-order valence-electron chi connectivity index (χ0n) is 2.90. The average molecular weight is 175 g/mol. The molecule has 1 rings (SSSR count). The van der Waals surface area contributed by atoms with Crippen LogP contribution in [-0.2, 0) is 21.1 Å². The summed E-state index contributed by atoms with van der Waals surface area (Å²) in [6, 6.07) is 0. The number of aromatic amines is 1. The van der Waals surface area contributed by atoms with Crippen LogP contribution in [0.25, 0.3) is 0 Å². The normalized spacial score (nSPS) is 9.00. The van der Waals surface area contributed by atoms with Gasteiger partial charge in [-0.1, -0.05) is 0 Å². The quantitative estimate of drug-likeness (QED) is 0.533. The number of nitrogens with zero attached hydrogens (tertiary/aromatic N) is 1. The van der Waals surface area contributed by atoms with Crippen LogP contribution < -0.4 is 3.78 Å². The van der Waals surface area contributed by atoms with Crippen molar-refractivity contribution in [3.05, 3.63) is 12.4 Å². The molecule has 2 nitrogen and oxygen atoms in total. The van der Waals surface area contributed by atoms with Crippen molar-refractivity contribution >= 4 is 3.78 Å². The van der Waals surface area contributed by atoms with E-state index in [1.165, 1.54) is 0 Å². The first-order chi connectivity index (χ1) is 2.89. The maximum absolute atomic E-state index is 3.65. The summed E-state index contributed by atoms with van der Waals surface area (Å²) < 4.78 is 0.986. The van der Waals surface area contributed by atoms with E-state index in [9.17, 15) is 0 Å². The molecule has 0 atom stereocenters. The van der Waals surface area contributed by atoms with Crippen LogP contribution in [0.3, 0.4) is 0 Å². The van der Waals surface area contributed by atoms with Crippen LogP contribution in [0.15, 0.2) is 12.4 Å². The third kappa shape index (κ3) is 0.712. The average Bonchev–Trinajstić information content (AvgIpc) is 1.86. The molecule has 0 fully saturated rings. The summed E-state index contributed by atoms with van der Waals surface area (Å²) in [5.74, 6) is 0. The molecule has 0 saturated heterocycles. The first kappa shape index (κ1) is 4.12. The van der Waals surface area contributed by atoms with Crippen LogP contribution in [-0.4, -0.2) is 10.2 Å². The van der Waals surface area contributed by atoms with Crippen LogP contribution in [0.5, 0.6) is 0 Å². The van der Waals surface area contributed by atoms with E-state index in [1.54, 1.807) is 12.4 Å². The van der Waals surface area contributed by atoms with Gasteiger partial charge in [-0.25, -0.2) is 0 Å². The predicted octanol–water partition coefficient (Wildman–Crippen LogP) is -0.418. The standard InChI is InChI=1S/C3H3N2.Ag/c1-2-4-5-3-1;/h2-3H,(H,4,5);. The number of H-pyrrole nitrogens is 1. The summed E-state index contributed by atoms with van der Waals surface area (Å²) in [6.45, 7) is 0. The van der Waals surface area contributed by atoms with Crippen LogP contribution in [0.1, 0.15) is 0 Å². The third-order valence-electron chi connectivity index (χ3n) is 0.444. The summed E-state index contributed by atoms with van der Waals surface area (Å²) in [6.07, 6.45) is 3.46. The van der Waals surface area contributed by atoms with E-state index < -0.39 is 0 Å². The van der Waals surface area contributed by atoms with E-state index in [-0.39, 0.29) is 0 Å². The van der Waals surface area contributed by atoms with Crippen molar-refractivity contribution in [2.24, 2.45) is 0 Å². The van der Waals surface area contributed by atoms with Gasteiger partial charge in [-0.05, 0) is 0 Å². The molecule has 1 heterocycles. The van der Waals surface area contributed by atoms with Gasteiger partial charge in [0.2, 0.25) is 0 Å². The van der Waals surface area contributed by atoms with E-state index >= 15 is 0 Å². The second-order valence-corrected chi connectivity index (χ2v) is 1.73. The Labute approximate surface area is 47.9 Å². The van der Waals surface area contributed by atoms with E-state index in [1.807, 2.05) is 0 Å². The van der Waals surface area contributed by atoms with Crippen LogP contribution in [0.2, 0.25) is 0 Å². The third-order valence-corrected chi connectivity index (χ3v) is 0.849. The van der Waals surface area contributed by atoms with Crippen molar-refractivity contribution in [1.82, 2.24) is 10.2 Å². The SMILES string of the molecule is [Ag][c]1cn[nH]c1. The van der Waals surface area contributed by atoms with Gasteiger partial charge in [-0.15, -0.1) is 0 Å². The second kappa shape index (κ2) is 1.60. The van der Waals surface area contributed by atoms with Gasteiger partial charge in [0.25, 0.3) is 0 Å². The predicted molar refractivity (Wildman–Crippen MR) is 18.2 cm³/mol. The Kier molecular flexibility index (Phi) is 1.10. The Bertz CT molecular complexity index is 112. The first-order valence-electron chi connectivity index (χ1n) is 1.50. The molecule has 0 aromatic carbocycles. The number of nitrogens with one attached hydrogen (secondary N) is 1. The monoisotopic (exact) mass is 174 g/mol. The van der Waals surface area contributed by atoms with Crippen molar-refractivity contribution < 1.29 is 21.1 Å². The van der Waals surface area contributed by atoms with Gasteiger partial charge < -0.3 is 0 Å². The Morgan fingerprint density at radius 2 is 2.67 bits per heavy atom. The fraction of sp³-hybridized carbons (Fsp3) is 0. The van der Waals surface area contributed by atoms with Crippen molar-refractivity contribution in [3.63, 3.8) is 0 Å². The molecular formula is C3H3AgN2. The molecule has 0 amide bonds. The number of hydrogen-bond donors (Lipinski definition) is 1. The molecular weight excluding hydrogens is 172 g/mol. The van der Waals surface area contributed by atoms with E-state index in [0.717, 1.165) is 3.78 Å². The molecule has 3 heteroatoms. The zero-order valence-corrected chi connectivity index (χ0v) is 4.39. The van der Waals surface area contributed by atoms with Gasteiger partial charge in [0.15, 0.2) is 0 Å². The summed E-state index contributed by atoms with van der Waals surface area (Å²) in [7, 11) is 0. The van der Waals surface area contributed by atoms with Crippen molar-refractivity contribution in [2.45, 2.75) is 0 Å². The van der Waals surface area contributed by atoms with E-state index in [4.69, 9.17) is 0 Å². The molecule has 36 valence electrons. The topological polar surface area (TPSA) is 28.7 Å². The Hall–Kier alpha value is -0.0497. The van der Waals surface area contributed by atoms with Crippen LogP contribution in [0.4, 0.5) is 0 Å². The number of aromatic nitrogens is 2. The Morgan fingerprint density at radius 3 is 2.83 bits per heavy atom. The fourth-order valence-corrected chi connectivity index (χ4v) is 0.417. The molecule has 0 aliphatic rings. The Balaban J connectivity index is 3.05. The molecule has 0 unspecified atom stereocenters. The molecule has 0 radical (unpaired) electrons. The van der Waals surface area contributed by atoms with Gasteiger partial charge in [0.05, 0.1) is 0 Å². The van der Waals surface area contributed by atoms with Gasteiger partial charge in [-0.2, -0.15) is 0 Å². The van der Waals surface area contributed by atoms with Crippen molar-refractivity contribution in [1.29, 1.82) is 0 Å². The summed E-state index contributed by atoms with van der Waals surface area (Å²) >= 11 is 3.20. The summed E-state index contributed by atoms with van der Waals surface area (Å²) in [4.78, 5) is 0. The summed E-state index contributed by atoms with van der Waals surface area (Å²) in [5.41, 5.74) is 0. The van der Waals surface area contributed by atoms with Gasteiger partial charge in [0, 0.05) is 0 Å². The van der Waals surface area contributed by atoms with Gasteiger partial charge in [-0.3, -0.25) is 0 Å². The molecule has 1 N–H and O–H groups in total. The van der Waals surface area contributed by atoms with Crippen molar-refractivity contribution in [3.8, 4) is 0 Å². The minimum absolute atomic E-state index is 0.986. The number of hydrogen-bond acceptors (Lipinski definition) is 1. The van der Waals surface area contributed by atoms with Gasteiger partial charge >= 0.3 is 47.4 Å². The second-order valence-electron chi connectivity index (χ2n) is 0.872. The van der Waals surface area contributed by atoms with Crippen molar-refractivity contribution in [2.75, 3.05) is 0 Å². The Morgan fingerprint density at radius 1 is 1.83 bits per heavy atom. The van der Waals surface area contributed by atoms with Crippen LogP contribution in [0, 0.1) is 0 Å². The minimum atomic E-state index is 0.986. The molecule has 0 saturated carbocycles. The molecule has 0 spiro atoms. The molecule has 1 aromatic rings. The molecule has 0 bridgehead atoms. The zero-order chi connectivity index (χ0) is 4.41. The fourth-order valence-electron chi connectivity index (χ4n) is 0.225. The first-order valence-corrected chi connectivity index (χ1v) is 2.24. The maximum atomic E-state index is 3.65. The molecule has 6 heavy (non-hydrogen) atoms.